The molecule has 2 aromatic carbocycles. The van der Waals surface area contributed by atoms with Crippen LogP contribution in [0, 0.1) is 5.92 Å². The number of nitrogens with zero attached hydrogens (tertiary/aromatic N) is 5. The monoisotopic (exact) mass is 623 g/mol. The van der Waals surface area contributed by atoms with Gasteiger partial charge in [-0.2, -0.15) is 5.10 Å². The summed E-state index contributed by atoms with van der Waals surface area (Å²) in [6.45, 7) is 1.81. The van der Waals surface area contributed by atoms with Crippen molar-refractivity contribution in [3.05, 3.63) is 108 Å². The topological polar surface area (TPSA) is 127 Å². The molecule has 3 aromatic heterocycles. The van der Waals surface area contributed by atoms with Gasteiger partial charge in [-0.15, -0.1) is 0 Å². The Kier molecular flexibility index (Phi) is 8.26. The second-order valence-electron chi connectivity index (χ2n) is 11.7. The van der Waals surface area contributed by atoms with Crippen LogP contribution in [-0.4, -0.2) is 47.3 Å². The van der Waals surface area contributed by atoms with Crippen molar-refractivity contribution < 1.29 is 14.7 Å². The van der Waals surface area contributed by atoms with Crippen molar-refractivity contribution in [2.45, 2.75) is 37.8 Å². The number of anilines is 1. The molecule has 10 nitrogen and oxygen atoms in total. The van der Waals surface area contributed by atoms with Crippen molar-refractivity contribution in [3.63, 3.8) is 0 Å². The minimum absolute atomic E-state index is 0.132. The molecule has 1 aliphatic carbocycles. The summed E-state index contributed by atoms with van der Waals surface area (Å²) < 4.78 is 3.37. The van der Waals surface area contributed by atoms with Crippen molar-refractivity contribution in [1.82, 2.24) is 29.6 Å². The number of aliphatic hydroxyl groups is 1. The average Bonchev–Trinajstić information content (AvgIpc) is 3.68. The van der Waals surface area contributed by atoms with E-state index in [1.165, 1.54) is 10.9 Å². The summed E-state index contributed by atoms with van der Waals surface area (Å²) in [5.41, 5.74) is 4.82. The van der Waals surface area contributed by atoms with Crippen LogP contribution < -0.4 is 10.6 Å². The second-order valence-corrected chi connectivity index (χ2v) is 12.1. The summed E-state index contributed by atoms with van der Waals surface area (Å²) in [5.74, 6) is -0.628. The Balaban J connectivity index is 1.26. The van der Waals surface area contributed by atoms with Gasteiger partial charge in [0, 0.05) is 43.6 Å². The zero-order chi connectivity index (χ0) is 31.7. The molecular weight excluding hydrogens is 590 g/mol. The summed E-state index contributed by atoms with van der Waals surface area (Å²) in [4.78, 5) is 35.6. The number of pyridine rings is 1. The molecule has 1 saturated carbocycles. The highest BCUT2D eigenvalue weighted by molar-refractivity contribution is 6.31. The molecule has 0 bridgehead atoms. The molecule has 3 heterocycles. The number of benzene rings is 2. The summed E-state index contributed by atoms with van der Waals surface area (Å²) in [6.07, 6.45) is 8.81. The number of carbonyl (C=O) groups excluding carboxylic acids is 2. The van der Waals surface area contributed by atoms with E-state index >= 15 is 0 Å². The first-order chi connectivity index (χ1) is 21.6. The fourth-order valence-electron chi connectivity index (χ4n) is 5.50. The maximum Gasteiger partial charge on any atom is 0.270 e. The number of carbonyl (C=O) groups is 2. The highest BCUT2D eigenvalue weighted by Gasteiger charge is 2.42. The molecule has 230 valence electrons. The fourth-order valence-corrected chi connectivity index (χ4v) is 5.69. The van der Waals surface area contributed by atoms with Crippen LogP contribution in [0.25, 0.3) is 22.4 Å². The van der Waals surface area contributed by atoms with Crippen molar-refractivity contribution in [2.24, 2.45) is 20.0 Å². The maximum atomic E-state index is 13.7. The van der Waals surface area contributed by atoms with Gasteiger partial charge in [-0.3, -0.25) is 19.3 Å². The van der Waals surface area contributed by atoms with Gasteiger partial charge in [-0.25, -0.2) is 4.98 Å². The Hall–Kier alpha value is -4.80. The first kappa shape index (κ1) is 30.2. The molecule has 0 saturated heterocycles. The molecule has 2 amide bonds. The molecule has 3 N–H and O–H groups in total. The van der Waals surface area contributed by atoms with Crippen LogP contribution in [0.5, 0.6) is 0 Å². The molecular formula is C34H34ClN7O3. The maximum absolute atomic E-state index is 13.7. The number of hydrogen-bond acceptors (Lipinski definition) is 6. The van der Waals surface area contributed by atoms with Crippen LogP contribution in [0.2, 0.25) is 5.02 Å². The summed E-state index contributed by atoms with van der Waals surface area (Å²) in [5, 5.41) is 21.4. The van der Waals surface area contributed by atoms with Crippen LogP contribution in [0.1, 0.15) is 41.5 Å². The SMILES string of the molecule is Cn1cncc1-c1ccc(NC(=O)[C@H](Cc2cc(-c3ccnc(C(C)(O)C4CC4)c3)ccc2Cl)NC(=O)c2ccnn2C)cc1. The third kappa shape index (κ3) is 6.52. The van der Waals surface area contributed by atoms with E-state index in [1.54, 1.807) is 37.9 Å². The third-order valence-electron chi connectivity index (χ3n) is 8.39. The smallest absolute Gasteiger partial charge is 0.270 e. The number of nitrogens with one attached hydrogen (secondary N) is 2. The van der Waals surface area contributed by atoms with Crippen LogP contribution in [0.4, 0.5) is 5.69 Å². The molecule has 45 heavy (non-hydrogen) atoms. The highest BCUT2D eigenvalue weighted by Crippen LogP contribution is 2.45. The van der Waals surface area contributed by atoms with Crippen LogP contribution in [0.3, 0.4) is 0 Å². The Bertz CT molecular complexity index is 1860. The number of aromatic nitrogens is 5. The zero-order valence-corrected chi connectivity index (χ0v) is 26.0. The minimum Gasteiger partial charge on any atom is -0.384 e. The first-order valence-electron chi connectivity index (χ1n) is 14.7. The molecule has 1 fully saturated rings. The standard InChI is InChI=1S/C34H34ClN7O3/c1-34(45,25-7-8-25)31-18-23(12-14-37-31)22-6-11-27(35)24(16-22)17-28(40-33(44)29-13-15-38-42(29)3)32(43)39-26-9-4-21(5-10-26)30-19-36-20-41(30)2/h4-6,9-16,18-20,25,28,45H,7-8,17H2,1-3H3,(H,39,43)(H,40,44)/t28-,34?/m0/s1. The number of halogens is 1. The van der Waals surface area contributed by atoms with E-state index in [-0.39, 0.29) is 12.3 Å². The van der Waals surface area contributed by atoms with Gasteiger partial charge in [0.25, 0.3) is 5.91 Å². The molecule has 6 rings (SSSR count). The lowest BCUT2D eigenvalue weighted by atomic mass is 9.92. The summed E-state index contributed by atoms with van der Waals surface area (Å²) in [6, 6.07) is 17.4. The summed E-state index contributed by atoms with van der Waals surface area (Å²) in [7, 11) is 3.58. The van der Waals surface area contributed by atoms with Gasteiger partial charge in [-0.05, 0) is 90.4 Å². The van der Waals surface area contributed by atoms with Crippen molar-refractivity contribution in [2.75, 3.05) is 5.32 Å². The average molecular weight is 624 g/mol. The lowest BCUT2D eigenvalue weighted by Gasteiger charge is -2.23. The van der Waals surface area contributed by atoms with Crippen LogP contribution in [-0.2, 0) is 30.9 Å². The molecule has 11 heteroatoms. The number of aryl methyl sites for hydroxylation is 2. The second kappa shape index (κ2) is 12.3. The number of hydrogen-bond donors (Lipinski definition) is 3. The van der Waals surface area contributed by atoms with Crippen molar-refractivity contribution >= 4 is 29.1 Å². The van der Waals surface area contributed by atoms with Gasteiger partial charge in [-0.1, -0.05) is 29.8 Å². The molecule has 2 atom stereocenters. The largest absolute Gasteiger partial charge is 0.384 e. The van der Waals surface area contributed by atoms with Crippen molar-refractivity contribution in [1.29, 1.82) is 0 Å². The number of rotatable bonds is 10. The number of amides is 2. The highest BCUT2D eigenvalue weighted by atomic mass is 35.5. The lowest BCUT2D eigenvalue weighted by molar-refractivity contribution is -0.118. The van der Waals surface area contributed by atoms with E-state index in [0.717, 1.165) is 35.2 Å². The summed E-state index contributed by atoms with van der Waals surface area (Å²) >= 11 is 6.67. The van der Waals surface area contributed by atoms with E-state index in [1.807, 2.05) is 67.1 Å². The van der Waals surface area contributed by atoms with Crippen LogP contribution in [0.15, 0.2) is 85.6 Å². The normalized spacial score (nSPS) is 14.9. The van der Waals surface area contributed by atoms with Gasteiger partial charge >= 0.3 is 0 Å². The molecule has 0 spiro atoms. The first-order valence-corrected chi connectivity index (χ1v) is 15.1. The molecule has 5 aromatic rings. The van der Waals surface area contributed by atoms with Crippen LogP contribution >= 0.6 is 11.6 Å². The van der Waals surface area contributed by atoms with E-state index in [0.29, 0.717) is 27.7 Å². The Morgan fingerprint density at radius 2 is 1.76 bits per heavy atom. The Morgan fingerprint density at radius 3 is 2.42 bits per heavy atom. The lowest BCUT2D eigenvalue weighted by Crippen LogP contribution is -2.45. The number of imidazole rings is 1. The third-order valence-corrected chi connectivity index (χ3v) is 8.76. The van der Waals surface area contributed by atoms with Gasteiger partial charge < -0.3 is 20.3 Å². The fraction of sp³-hybridized carbons (Fsp3) is 0.265. The quantitative estimate of drug-likeness (QED) is 0.198. The minimum atomic E-state index is -1.000. The van der Waals surface area contributed by atoms with E-state index in [2.05, 4.69) is 25.7 Å². The predicted octanol–water partition coefficient (Wildman–Crippen LogP) is 5.13. The Morgan fingerprint density at radius 1 is 1.02 bits per heavy atom. The van der Waals surface area contributed by atoms with Gasteiger partial charge in [0.15, 0.2) is 0 Å². The molecule has 0 aliphatic heterocycles. The molecule has 1 unspecified atom stereocenters. The van der Waals surface area contributed by atoms with E-state index < -0.39 is 23.5 Å². The zero-order valence-electron chi connectivity index (χ0n) is 25.2. The van der Waals surface area contributed by atoms with E-state index in [9.17, 15) is 14.7 Å². The van der Waals surface area contributed by atoms with Gasteiger partial charge in [0.1, 0.15) is 17.3 Å². The molecule has 1 aliphatic rings. The van der Waals surface area contributed by atoms with Gasteiger partial charge in [0.2, 0.25) is 5.91 Å². The molecule has 0 radical (unpaired) electrons. The van der Waals surface area contributed by atoms with Gasteiger partial charge in [0.05, 0.1) is 23.9 Å². The Labute approximate surface area is 266 Å². The predicted molar refractivity (Wildman–Crippen MR) is 172 cm³/mol. The van der Waals surface area contributed by atoms with E-state index in [4.69, 9.17) is 11.6 Å². The van der Waals surface area contributed by atoms with Crippen molar-refractivity contribution in [3.8, 4) is 22.4 Å².